The molecule has 0 saturated carbocycles. The molecule has 2 aromatic carbocycles. The van der Waals surface area contributed by atoms with E-state index in [-0.39, 0.29) is 6.61 Å². The molecule has 0 saturated heterocycles. The molecule has 34 heavy (non-hydrogen) atoms. The molecule has 0 unspecified atom stereocenters. The second kappa shape index (κ2) is 8.94. The number of carbonyl (C=O) groups excluding carboxylic acids is 1. The highest BCUT2D eigenvalue weighted by Gasteiger charge is 2.17. The second-order valence-electron chi connectivity index (χ2n) is 7.15. The molecule has 3 heterocycles. The predicted octanol–water partition coefficient (Wildman–Crippen LogP) is 4.52. The minimum absolute atomic E-state index is 0.248. The molecule has 0 radical (unpaired) electrons. The lowest BCUT2D eigenvalue weighted by Crippen LogP contribution is -2.22. The summed E-state index contributed by atoms with van der Waals surface area (Å²) in [5.41, 5.74) is 2.07. The first kappa shape index (κ1) is 21.6. The fourth-order valence-electron chi connectivity index (χ4n) is 3.35. The van der Waals surface area contributed by atoms with Crippen LogP contribution in [-0.4, -0.2) is 42.0 Å². The lowest BCUT2D eigenvalue weighted by molar-refractivity contribution is 0.203. The van der Waals surface area contributed by atoms with Gasteiger partial charge in [-0.2, -0.15) is 0 Å². The van der Waals surface area contributed by atoms with Crippen LogP contribution in [-0.2, 0) is 6.61 Å². The number of hydrogen-bond donors (Lipinski definition) is 1. The molecular weight excluding hydrogens is 460 g/mol. The summed E-state index contributed by atoms with van der Waals surface area (Å²) in [5, 5.41) is 8.02. The van der Waals surface area contributed by atoms with Crippen molar-refractivity contribution >= 4 is 33.4 Å². The largest absolute Gasteiger partial charge is 0.496 e. The van der Waals surface area contributed by atoms with E-state index in [1.54, 1.807) is 55.3 Å². The van der Waals surface area contributed by atoms with E-state index >= 15 is 0 Å². The Balaban J connectivity index is 1.43. The van der Waals surface area contributed by atoms with E-state index in [0.717, 1.165) is 10.9 Å². The van der Waals surface area contributed by atoms with E-state index in [1.165, 1.54) is 18.4 Å². The molecule has 1 N–H and O–H groups in total. The van der Waals surface area contributed by atoms with Gasteiger partial charge in [-0.25, -0.2) is 14.3 Å². The van der Waals surface area contributed by atoms with Crippen LogP contribution in [0.2, 0.25) is 0 Å². The highest BCUT2D eigenvalue weighted by molar-refractivity contribution is 7.18. The second-order valence-corrected chi connectivity index (χ2v) is 8.07. The molecule has 0 fully saturated rings. The summed E-state index contributed by atoms with van der Waals surface area (Å²) >= 11 is 1.34. The molecule has 0 bridgehead atoms. The molecule has 3 aromatic heterocycles. The summed E-state index contributed by atoms with van der Waals surface area (Å²) in [5.74, 6) is 2.18. The van der Waals surface area contributed by atoms with Gasteiger partial charge in [-0.3, -0.25) is 0 Å². The maximum atomic E-state index is 11.5. The van der Waals surface area contributed by atoms with Gasteiger partial charge in [0, 0.05) is 19.2 Å². The van der Waals surface area contributed by atoms with E-state index in [2.05, 4.69) is 15.4 Å². The van der Waals surface area contributed by atoms with Gasteiger partial charge < -0.3 is 28.7 Å². The number of carbonyl (C=O) groups is 1. The zero-order valence-electron chi connectivity index (χ0n) is 18.5. The van der Waals surface area contributed by atoms with Crippen molar-refractivity contribution in [3.8, 4) is 33.9 Å². The molecule has 0 spiro atoms. The highest BCUT2D eigenvalue weighted by Crippen LogP contribution is 2.37. The van der Waals surface area contributed by atoms with Crippen LogP contribution in [0.1, 0.15) is 5.56 Å². The van der Waals surface area contributed by atoms with E-state index in [9.17, 15) is 4.79 Å². The Morgan fingerprint density at radius 2 is 2.03 bits per heavy atom. The van der Waals surface area contributed by atoms with Crippen molar-refractivity contribution in [2.45, 2.75) is 6.61 Å². The number of methoxy groups -OCH3 is 2. The first-order chi connectivity index (χ1) is 16.6. The smallest absolute Gasteiger partial charge is 0.412 e. The van der Waals surface area contributed by atoms with Crippen molar-refractivity contribution in [1.82, 2.24) is 19.9 Å². The van der Waals surface area contributed by atoms with E-state index in [4.69, 9.17) is 23.4 Å². The Bertz CT molecular complexity index is 1460. The Kier molecular flexibility index (Phi) is 5.68. The van der Waals surface area contributed by atoms with Crippen molar-refractivity contribution in [1.29, 1.82) is 0 Å². The van der Waals surface area contributed by atoms with E-state index in [0.29, 0.717) is 44.4 Å². The number of nitrogens with zero attached hydrogens (tertiary/aromatic N) is 3. The minimum Gasteiger partial charge on any atom is -0.496 e. The lowest BCUT2D eigenvalue weighted by Gasteiger charge is -2.10. The van der Waals surface area contributed by atoms with Crippen LogP contribution in [0.15, 0.2) is 53.1 Å². The number of imidazole rings is 1. The molecule has 0 atom stereocenters. The average molecular weight is 481 g/mol. The van der Waals surface area contributed by atoms with Crippen LogP contribution in [0.3, 0.4) is 0 Å². The van der Waals surface area contributed by atoms with Gasteiger partial charge in [0.15, 0.2) is 5.76 Å². The van der Waals surface area contributed by atoms with Crippen molar-refractivity contribution < 1.29 is 28.2 Å². The highest BCUT2D eigenvalue weighted by atomic mass is 32.1. The third-order valence-corrected chi connectivity index (χ3v) is 5.85. The van der Waals surface area contributed by atoms with Gasteiger partial charge in [-0.1, -0.05) is 12.1 Å². The molecular formula is C23H20N4O6S. The zero-order chi connectivity index (χ0) is 23.7. The Labute approximate surface area is 197 Å². The third kappa shape index (κ3) is 4.20. The molecule has 5 rings (SSSR count). The van der Waals surface area contributed by atoms with Crippen molar-refractivity contribution in [3.05, 3.63) is 54.2 Å². The maximum Gasteiger partial charge on any atom is 0.412 e. The molecule has 5 aromatic rings. The van der Waals surface area contributed by atoms with Gasteiger partial charge in [0.05, 0.1) is 25.8 Å². The van der Waals surface area contributed by atoms with Gasteiger partial charge in [0.25, 0.3) is 5.19 Å². The maximum absolute atomic E-state index is 11.5. The Morgan fingerprint density at radius 3 is 2.79 bits per heavy atom. The molecule has 174 valence electrons. The quantitative estimate of drug-likeness (QED) is 0.362. The van der Waals surface area contributed by atoms with Crippen LogP contribution in [0.4, 0.5) is 4.79 Å². The van der Waals surface area contributed by atoms with Crippen molar-refractivity contribution in [3.63, 3.8) is 0 Å². The SMILES string of the molecule is CNC(=O)Oc1cccc(COc2cc(OC)cc3oc(-c4cn5nc(OC)sc5n4)cc23)c1. The monoisotopic (exact) mass is 480 g/mol. The van der Waals surface area contributed by atoms with Crippen molar-refractivity contribution in [2.24, 2.45) is 0 Å². The normalized spacial score (nSPS) is 11.0. The van der Waals surface area contributed by atoms with Crippen LogP contribution in [0.5, 0.6) is 22.4 Å². The van der Waals surface area contributed by atoms with Gasteiger partial charge in [-0.15, -0.1) is 5.10 Å². The first-order valence-electron chi connectivity index (χ1n) is 10.2. The Morgan fingerprint density at radius 1 is 1.15 bits per heavy atom. The standard InChI is InChI=1S/C23H20N4O6S/c1-24-22(28)32-14-6-4-5-13(7-14)12-31-18-8-15(29-2)9-19-16(18)10-20(33-19)17-11-27-21(25-17)34-23(26-27)30-3/h4-11H,12H2,1-3H3,(H,24,28). The number of nitrogens with one attached hydrogen (secondary N) is 1. The number of aromatic nitrogens is 3. The fourth-order valence-corrected chi connectivity index (χ4v) is 4.05. The number of rotatable bonds is 7. The topological polar surface area (TPSA) is 109 Å². The summed E-state index contributed by atoms with van der Waals surface area (Å²) in [6.07, 6.45) is 1.24. The lowest BCUT2D eigenvalue weighted by atomic mass is 10.2. The zero-order valence-corrected chi connectivity index (χ0v) is 19.3. The van der Waals surface area contributed by atoms with Crippen LogP contribution < -0.4 is 24.3 Å². The third-order valence-electron chi connectivity index (χ3n) is 4.97. The van der Waals surface area contributed by atoms with Crippen molar-refractivity contribution in [2.75, 3.05) is 21.3 Å². The molecule has 0 aliphatic rings. The molecule has 10 nitrogen and oxygen atoms in total. The number of amides is 1. The summed E-state index contributed by atoms with van der Waals surface area (Å²) in [6, 6.07) is 12.6. The number of hydrogen-bond acceptors (Lipinski definition) is 9. The molecule has 0 aliphatic carbocycles. The Hall–Kier alpha value is -4.25. The fraction of sp³-hybridized carbons (Fsp3) is 0.174. The molecule has 11 heteroatoms. The van der Waals surface area contributed by atoms with Crippen LogP contribution in [0, 0.1) is 0 Å². The van der Waals surface area contributed by atoms with Gasteiger partial charge in [0.2, 0.25) is 4.96 Å². The van der Waals surface area contributed by atoms with Crippen LogP contribution >= 0.6 is 11.3 Å². The van der Waals surface area contributed by atoms with E-state index < -0.39 is 6.09 Å². The number of ether oxygens (including phenoxy) is 4. The average Bonchev–Trinajstić information content (AvgIpc) is 3.55. The number of fused-ring (bicyclic) bond motifs is 2. The molecule has 0 aliphatic heterocycles. The molecule has 1 amide bonds. The first-order valence-corrected chi connectivity index (χ1v) is 11.0. The summed E-state index contributed by atoms with van der Waals surface area (Å²) in [7, 11) is 4.65. The van der Waals surface area contributed by atoms with Gasteiger partial charge in [0.1, 0.15) is 35.1 Å². The van der Waals surface area contributed by atoms with Gasteiger partial charge in [-0.05, 0) is 35.1 Å². The van der Waals surface area contributed by atoms with Crippen LogP contribution in [0.25, 0.3) is 27.4 Å². The summed E-state index contributed by atoms with van der Waals surface area (Å²) in [4.78, 5) is 16.7. The number of furan rings is 1. The van der Waals surface area contributed by atoms with Gasteiger partial charge >= 0.3 is 6.09 Å². The number of benzene rings is 2. The summed E-state index contributed by atoms with van der Waals surface area (Å²) < 4.78 is 29.6. The van der Waals surface area contributed by atoms with E-state index in [1.807, 2.05) is 12.1 Å². The predicted molar refractivity (Wildman–Crippen MR) is 125 cm³/mol. The minimum atomic E-state index is -0.536. The summed E-state index contributed by atoms with van der Waals surface area (Å²) in [6.45, 7) is 0.248.